The van der Waals surface area contributed by atoms with E-state index in [2.05, 4.69) is 10.2 Å². The second-order valence-corrected chi connectivity index (χ2v) is 10.9. The first-order chi connectivity index (χ1) is 16.6. The quantitative estimate of drug-likeness (QED) is 0.380. The standard InChI is InChI=1S/C25H29FN4O2S2/c1-16(17-6-8-18(26)9-7-17)27-22(31)15-33-24-23-19-4-2-3-5-20(19)34-25(23)29-21(28-24)14-30-10-12-32-13-11-30/h6-9,16H,2-5,10-15H2,1H3,(H,27,31). The van der Waals surface area contributed by atoms with Crippen LogP contribution in [0.5, 0.6) is 0 Å². The summed E-state index contributed by atoms with van der Waals surface area (Å²) in [5, 5.41) is 5.09. The zero-order valence-corrected chi connectivity index (χ0v) is 20.9. The summed E-state index contributed by atoms with van der Waals surface area (Å²) in [6.07, 6.45) is 4.58. The van der Waals surface area contributed by atoms with Gasteiger partial charge in [-0.2, -0.15) is 0 Å². The molecule has 1 aromatic carbocycles. The molecule has 0 spiro atoms. The lowest BCUT2D eigenvalue weighted by Gasteiger charge is -2.25. The van der Waals surface area contributed by atoms with Gasteiger partial charge in [-0.3, -0.25) is 9.69 Å². The molecule has 6 nitrogen and oxygen atoms in total. The molecule has 2 aliphatic rings. The third kappa shape index (κ3) is 5.43. The molecule has 3 heterocycles. The highest BCUT2D eigenvalue weighted by Crippen LogP contribution is 2.39. The van der Waals surface area contributed by atoms with Crippen molar-refractivity contribution in [2.75, 3.05) is 32.1 Å². The first-order valence-corrected chi connectivity index (χ1v) is 13.7. The zero-order valence-electron chi connectivity index (χ0n) is 19.3. The van der Waals surface area contributed by atoms with Crippen molar-refractivity contribution >= 4 is 39.2 Å². The van der Waals surface area contributed by atoms with Crippen molar-refractivity contribution in [1.82, 2.24) is 20.2 Å². The molecule has 34 heavy (non-hydrogen) atoms. The number of aryl methyl sites for hydroxylation is 2. The van der Waals surface area contributed by atoms with Crippen molar-refractivity contribution in [2.24, 2.45) is 0 Å². The van der Waals surface area contributed by atoms with Crippen LogP contribution < -0.4 is 5.32 Å². The van der Waals surface area contributed by atoms with E-state index in [0.29, 0.717) is 6.54 Å². The van der Waals surface area contributed by atoms with E-state index in [1.54, 1.807) is 23.5 Å². The third-order valence-corrected chi connectivity index (χ3v) is 8.55. The van der Waals surface area contributed by atoms with Crippen molar-refractivity contribution in [3.05, 3.63) is 51.9 Å². The monoisotopic (exact) mass is 500 g/mol. The Bertz CT molecular complexity index is 1160. The molecule has 0 bridgehead atoms. The van der Waals surface area contributed by atoms with Gasteiger partial charge in [0.1, 0.15) is 21.5 Å². The number of benzene rings is 1. The summed E-state index contributed by atoms with van der Waals surface area (Å²) < 4.78 is 18.7. The van der Waals surface area contributed by atoms with E-state index in [1.165, 1.54) is 47.2 Å². The minimum atomic E-state index is -0.280. The highest BCUT2D eigenvalue weighted by molar-refractivity contribution is 8.00. The van der Waals surface area contributed by atoms with Gasteiger partial charge in [0.25, 0.3) is 0 Å². The minimum Gasteiger partial charge on any atom is -0.379 e. The summed E-state index contributed by atoms with van der Waals surface area (Å²) in [6.45, 7) is 5.85. The number of thiophene rings is 1. The number of carbonyl (C=O) groups excluding carboxylic acids is 1. The average Bonchev–Trinajstić information content (AvgIpc) is 3.22. The van der Waals surface area contributed by atoms with Gasteiger partial charge in [0.2, 0.25) is 5.91 Å². The van der Waals surface area contributed by atoms with Gasteiger partial charge in [-0.15, -0.1) is 11.3 Å². The maximum Gasteiger partial charge on any atom is 0.230 e. The molecule has 1 fully saturated rings. The SMILES string of the molecule is CC(NC(=O)CSc1nc(CN2CCOCC2)nc2sc3c(c12)CCCC3)c1ccc(F)cc1. The molecule has 9 heteroatoms. The maximum absolute atomic E-state index is 13.2. The van der Waals surface area contributed by atoms with Gasteiger partial charge in [-0.05, 0) is 55.9 Å². The average molecular weight is 501 g/mol. The van der Waals surface area contributed by atoms with E-state index in [-0.39, 0.29) is 23.5 Å². The number of morpholine rings is 1. The summed E-state index contributed by atoms with van der Waals surface area (Å²) in [4.78, 5) is 27.4. The van der Waals surface area contributed by atoms with Gasteiger partial charge < -0.3 is 10.1 Å². The number of amides is 1. The smallest absolute Gasteiger partial charge is 0.230 e. The van der Waals surface area contributed by atoms with Crippen molar-refractivity contribution < 1.29 is 13.9 Å². The van der Waals surface area contributed by atoms with Crippen molar-refractivity contribution in [1.29, 1.82) is 0 Å². The molecule has 1 aliphatic carbocycles. The van der Waals surface area contributed by atoms with E-state index in [0.717, 1.165) is 65.8 Å². The topological polar surface area (TPSA) is 67.4 Å². The highest BCUT2D eigenvalue weighted by Gasteiger charge is 2.23. The number of thioether (sulfide) groups is 1. The van der Waals surface area contributed by atoms with Gasteiger partial charge in [-0.1, -0.05) is 23.9 Å². The van der Waals surface area contributed by atoms with Gasteiger partial charge >= 0.3 is 0 Å². The fourth-order valence-corrected chi connectivity index (χ4v) is 6.78. The van der Waals surface area contributed by atoms with Crippen molar-refractivity contribution in [3.63, 3.8) is 0 Å². The van der Waals surface area contributed by atoms with E-state index in [4.69, 9.17) is 14.7 Å². The van der Waals surface area contributed by atoms with E-state index in [9.17, 15) is 9.18 Å². The molecule has 180 valence electrons. The number of nitrogens with zero attached hydrogens (tertiary/aromatic N) is 3. The molecule has 3 aromatic rings. The molecular formula is C25H29FN4O2S2. The Morgan fingerprint density at radius 2 is 1.97 bits per heavy atom. The van der Waals surface area contributed by atoms with Crippen LogP contribution in [-0.4, -0.2) is 52.8 Å². The van der Waals surface area contributed by atoms with Crippen LogP contribution in [0.25, 0.3) is 10.2 Å². The molecule has 2 aromatic heterocycles. The number of rotatable bonds is 7. The minimum absolute atomic E-state index is 0.0626. The van der Waals surface area contributed by atoms with E-state index < -0.39 is 0 Å². The zero-order chi connectivity index (χ0) is 23.5. The summed E-state index contributed by atoms with van der Waals surface area (Å²) in [6, 6.07) is 6.05. The lowest BCUT2D eigenvalue weighted by molar-refractivity contribution is -0.119. The number of ether oxygens (including phenoxy) is 1. The lowest BCUT2D eigenvalue weighted by Crippen LogP contribution is -2.36. The van der Waals surface area contributed by atoms with Crippen LogP contribution in [0.2, 0.25) is 0 Å². The number of hydrogen-bond donors (Lipinski definition) is 1. The molecular weight excluding hydrogens is 471 g/mol. The fourth-order valence-electron chi connectivity index (χ4n) is 4.55. The number of halogens is 1. The van der Waals surface area contributed by atoms with Gasteiger partial charge in [0.15, 0.2) is 0 Å². The molecule has 1 unspecified atom stereocenters. The largest absolute Gasteiger partial charge is 0.379 e. The van der Waals surface area contributed by atoms with Crippen LogP contribution >= 0.6 is 23.1 Å². The Morgan fingerprint density at radius 3 is 2.76 bits per heavy atom. The Labute approximate surface area is 207 Å². The Kier molecular flexibility index (Phi) is 7.43. The Balaban J connectivity index is 1.34. The van der Waals surface area contributed by atoms with Crippen LogP contribution in [0, 0.1) is 5.82 Å². The highest BCUT2D eigenvalue weighted by atomic mass is 32.2. The molecule has 1 amide bonds. The molecule has 0 saturated carbocycles. The van der Waals surface area contributed by atoms with Crippen LogP contribution in [0.4, 0.5) is 4.39 Å². The van der Waals surface area contributed by atoms with Crippen LogP contribution in [0.3, 0.4) is 0 Å². The first-order valence-electron chi connectivity index (χ1n) is 11.9. The number of carbonyl (C=O) groups is 1. The second kappa shape index (κ2) is 10.7. The van der Waals surface area contributed by atoms with Gasteiger partial charge in [0, 0.05) is 23.4 Å². The molecule has 1 aliphatic heterocycles. The molecule has 0 radical (unpaired) electrons. The van der Waals surface area contributed by atoms with Crippen molar-refractivity contribution in [3.8, 4) is 0 Å². The third-order valence-electron chi connectivity index (χ3n) is 6.38. The van der Waals surface area contributed by atoms with E-state index >= 15 is 0 Å². The maximum atomic E-state index is 13.2. The number of nitrogens with one attached hydrogen (secondary N) is 1. The predicted molar refractivity (Wildman–Crippen MR) is 134 cm³/mol. The summed E-state index contributed by atoms with van der Waals surface area (Å²) in [5.41, 5.74) is 2.26. The molecule has 1 saturated heterocycles. The number of fused-ring (bicyclic) bond motifs is 3. The lowest BCUT2D eigenvalue weighted by atomic mass is 9.97. The summed E-state index contributed by atoms with van der Waals surface area (Å²) in [5.74, 6) is 0.750. The molecule has 5 rings (SSSR count). The fraction of sp³-hybridized carbons (Fsp3) is 0.480. The normalized spacial score (nSPS) is 17.5. The summed E-state index contributed by atoms with van der Waals surface area (Å²) in [7, 11) is 0. The first kappa shape index (κ1) is 23.7. The molecule has 1 N–H and O–H groups in total. The summed E-state index contributed by atoms with van der Waals surface area (Å²) >= 11 is 3.29. The second-order valence-electron chi connectivity index (χ2n) is 8.85. The number of hydrogen-bond acceptors (Lipinski definition) is 7. The molecule has 1 atom stereocenters. The van der Waals surface area contributed by atoms with Gasteiger partial charge in [0.05, 0.1) is 31.6 Å². The Hall–Kier alpha value is -2.07. The predicted octanol–water partition coefficient (Wildman–Crippen LogP) is 4.51. The Morgan fingerprint density at radius 1 is 1.21 bits per heavy atom. The van der Waals surface area contributed by atoms with E-state index in [1.807, 2.05) is 6.92 Å². The van der Waals surface area contributed by atoms with Crippen LogP contribution in [0.15, 0.2) is 29.3 Å². The van der Waals surface area contributed by atoms with Gasteiger partial charge in [-0.25, -0.2) is 14.4 Å². The number of aromatic nitrogens is 2. The van der Waals surface area contributed by atoms with Crippen molar-refractivity contribution in [2.45, 2.75) is 50.2 Å². The van der Waals surface area contributed by atoms with Crippen LogP contribution in [-0.2, 0) is 28.9 Å². The van der Waals surface area contributed by atoms with Crippen LogP contribution in [0.1, 0.15) is 47.6 Å².